The number of carboxylic acid groups (broad SMARTS) is 1. The highest BCUT2D eigenvalue weighted by molar-refractivity contribution is 7.89. The van der Waals surface area contributed by atoms with Gasteiger partial charge in [0.2, 0.25) is 0 Å². The largest absolute Gasteiger partial charge is 0.478 e. The van der Waals surface area contributed by atoms with E-state index in [-0.39, 0.29) is 4.90 Å². The Kier molecular flexibility index (Phi) is 5.11. The molecule has 2 rings (SSSR count). The van der Waals surface area contributed by atoms with Crippen molar-refractivity contribution in [3.8, 4) is 0 Å². The second-order valence-corrected chi connectivity index (χ2v) is 6.54. The maximum absolute atomic E-state index is 12.2. The summed E-state index contributed by atoms with van der Waals surface area (Å²) in [5.74, 6) is -1.04. The van der Waals surface area contributed by atoms with E-state index in [1.54, 1.807) is 17.1 Å². The first-order chi connectivity index (χ1) is 9.97. The molecule has 2 N–H and O–H groups in total. The highest BCUT2D eigenvalue weighted by atomic mass is 32.2. The number of benzene rings is 1. The minimum absolute atomic E-state index is 0.167. The molecule has 1 saturated heterocycles. The molecule has 0 spiro atoms. The molecule has 114 valence electrons. The van der Waals surface area contributed by atoms with Crippen molar-refractivity contribution in [3.05, 3.63) is 35.9 Å². The number of nitrogens with one attached hydrogen (secondary N) is 1. The second-order valence-electron chi connectivity index (χ2n) is 4.88. The summed E-state index contributed by atoms with van der Waals surface area (Å²) in [7, 11) is -3.57. The first kappa shape index (κ1) is 15.7. The lowest BCUT2D eigenvalue weighted by Gasteiger charge is -2.26. The molecule has 7 heteroatoms. The van der Waals surface area contributed by atoms with Crippen LogP contribution in [0.15, 0.2) is 35.2 Å². The molecule has 0 amide bonds. The molecule has 1 aliphatic rings. The second kappa shape index (κ2) is 6.84. The van der Waals surface area contributed by atoms with E-state index in [0.29, 0.717) is 5.56 Å². The molecular formula is C14H18N2O4S. The van der Waals surface area contributed by atoms with Gasteiger partial charge >= 0.3 is 5.97 Å². The third kappa shape index (κ3) is 4.66. The summed E-state index contributed by atoms with van der Waals surface area (Å²) >= 11 is 0. The molecule has 0 unspecified atom stereocenters. The van der Waals surface area contributed by atoms with Gasteiger partial charge in [0.15, 0.2) is 0 Å². The van der Waals surface area contributed by atoms with Gasteiger partial charge in [-0.05, 0) is 36.6 Å². The van der Waals surface area contributed by atoms with E-state index in [1.165, 1.54) is 18.2 Å². The Hall–Kier alpha value is -1.70. The number of aliphatic carboxylic acids is 1. The number of sulfonamides is 1. The third-order valence-corrected chi connectivity index (χ3v) is 4.61. The maximum atomic E-state index is 12.2. The van der Waals surface area contributed by atoms with Gasteiger partial charge in [-0.3, -0.25) is 0 Å². The molecule has 0 bridgehead atoms. The van der Waals surface area contributed by atoms with Gasteiger partial charge in [0.1, 0.15) is 0 Å². The van der Waals surface area contributed by atoms with E-state index in [1.807, 2.05) is 0 Å². The maximum Gasteiger partial charge on any atom is 0.328 e. The smallest absolute Gasteiger partial charge is 0.328 e. The fraction of sp³-hybridized carbons (Fsp3) is 0.357. The van der Waals surface area contributed by atoms with Crippen LogP contribution >= 0.6 is 0 Å². The minimum Gasteiger partial charge on any atom is -0.478 e. The van der Waals surface area contributed by atoms with Gasteiger partial charge in [0.05, 0.1) is 4.90 Å². The fourth-order valence-corrected chi connectivity index (χ4v) is 3.26. The quantitative estimate of drug-likeness (QED) is 0.804. The lowest BCUT2D eigenvalue weighted by Crippen LogP contribution is -2.44. The van der Waals surface area contributed by atoms with Crippen LogP contribution in [0.5, 0.6) is 0 Å². The standard InChI is InChI=1S/C14H18N2O4S/c17-14(18)9-6-12-4-7-13(8-5-12)21(19,20)15-16-10-2-1-3-11-16/h4-9,15H,1-3,10-11H2,(H,17,18)/b9-6+. The Morgan fingerprint density at radius 3 is 2.33 bits per heavy atom. The zero-order valence-electron chi connectivity index (χ0n) is 11.5. The van der Waals surface area contributed by atoms with E-state index in [0.717, 1.165) is 38.4 Å². The molecule has 1 aromatic carbocycles. The van der Waals surface area contributed by atoms with Crippen LogP contribution in [-0.2, 0) is 14.8 Å². The molecule has 6 nitrogen and oxygen atoms in total. The highest BCUT2D eigenvalue weighted by Gasteiger charge is 2.19. The zero-order chi connectivity index (χ0) is 15.3. The normalized spacial score (nSPS) is 17.1. The predicted octanol–water partition coefficient (Wildman–Crippen LogP) is 1.46. The van der Waals surface area contributed by atoms with Gasteiger partial charge in [0, 0.05) is 19.2 Å². The van der Waals surface area contributed by atoms with Crippen molar-refractivity contribution in [2.24, 2.45) is 0 Å². The van der Waals surface area contributed by atoms with E-state index < -0.39 is 16.0 Å². The molecular weight excluding hydrogens is 292 g/mol. The van der Waals surface area contributed by atoms with Crippen LogP contribution in [0.2, 0.25) is 0 Å². The van der Waals surface area contributed by atoms with Crippen molar-refractivity contribution in [1.82, 2.24) is 9.84 Å². The van der Waals surface area contributed by atoms with E-state index in [2.05, 4.69) is 4.83 Å². The van der Waals surface area contributed by atoms with Crippen molar-refractivity contribution >= 4 is 22.1 Å². The van der Waals surface area contributed by atoms with E-state index in [9.17, 15) is 13.2 Å². The lowest BCUT2D eigenvalue weighted by atomic mass is 10.2. The summed E-state index contributed by atoms with van der Waals surface area (Å²) in [5, 5.41) is 10.3. The molecule has 0 atom stereocenters. The van der Waals surface area contributed by atoms with Crippen molar-refractivity contribution in [2.75, 3.05) is 13.1 Å². The van der Waals surface area contributed by atoms with Gasteiger partial charge in [-0.25, -0.2) is 18.2 Å². The summed E-state index contributed by atoms with van der Waals surface area (Å²) in [6.45, 7) is 1.44. The molecule has 0 aromatic heterocycles. The third-order valence-electron chi connectivity index (χ3n) is 3.21. The number of carbonyl (C=O) groups is 1. The molecule has 0 saturated carbocycles. The summed E-state index contributed by atoms with van der Waals surface area (Å²) < 4.78 is 24.4. The van der Waals surface area contributed by atoms with E-state index in [4.69, 9.17) is 5.11 Å². The van der Waals surface area contributed by atoms with Crippen LogP contribution in [-0.4, -0.2) is 37.6 Å². The predicted molar refractivity (Wildman–Crippen MR) is 78.9 cm³/mol. The number of hydrogen-bond donors (Lipinski definition) is 2. The molecule has 1 fully saturated rings. The number of hydrogen-bond acceptors (Lipinski definition) is 4. The van der Waals surface area contributed by atoms with Crippen molar-refractivity contribution in [1.29, 1.82) is 0 Å². The minimum atomic E-state index is -3.57. The molecule has 0 radical (unpaired) electrons. The zero-order valence-corrected chi connectivity index (χ0v) is 12.3. The lowest BCUT2D eigenvalue weighted by molar-refractivity contribution is -0.131. The van der Waals surface area contributed by atoms with Crippen LogP contribution in [0.4, 0.5) is 0 Å². The van der Waals surface area contributed by atoms with Gasteiger partial charge in [0.25, 0.3) is 10.0 Å². The number of nitrogens with zero attached hydrogens (tertiary/aromatic N) is 1. The highest BCUT2D eigenvalue weighted by Crippen LogP contribution is 2.14. The van der Waals surface area contributed by atoms with Gasteiger partial charge in [-0.1, -0.05) is 18.6 Å². The topological polar surface area (TPSA) is 86.7 Å². The first-order valence-corrected chi connectivity index (χ1v) is 8.24. The van der Waals surface area contributed by atoms with Gasteiger partial charge in [-0.2, -0.15) is 0 Å². The number of piperidine rings is 1. The molecule has 21 heavy (non-hydrogen) atoms. The molecule has 1 aromatic rings. The average molecular weight is 310 g/mol. The Balaban J connectivity index is 2.07. The van der Waals surface area contributed by atoms with Crippen molar-refractivity contribution in [2.45, 2.75) is 24.2 Å². The number of carboxylic acids is 1. The Labute approximate surface area is 124 Å². The van der Waals surface area contributed by atoms with Crippen molar-refractivity contribution < 1.29 is 18.3 Å². The van der Waals surface area contributed by atoms with Crippen LogP contribution in [0.25, 0.3) is 6.08 Å². The first-order valence-electron chi connectivity index (χ1n) is 6.76. The molecule has 0 aliphatic carbocycles. The van der Waals surface area contributed by atoms with E-state index >= 15 is 0 Å². The summed E-state index contributed by atoms with van der Waals surface area (Å²) in [6.07, 6.45) is 5.53. The number of hydrazine groups is 1. The summed E-state index contributed by atoms with van der Waals surface area (Å²) in [5.41, 5.74) is 0.634. The SMILES string of the molecule is O=C(O)/C=C/c1ccc(S(=O)(=O)NN2CCCCC2)cc1. The Morgan fingerprint density at radius 1 is 1.14 bits per heavy atom. The van der Waals surface area contributed by atoms with Crippen LogP contribution in [0.1, 0.15) is 24.8 Å². The molecule has 1 heterocycles. The van der Waals surface area contributed by atoms with Crippen LogP contribution in [0.3, 0.4) is 0 Å². The number of rotatable bonds is 5. The monoisotopic (exact) mass is 310 g/mol. The Bertz CT molecular complexity index is 617. The molecule has 1 aliphatic heterocycles. The summed E-state index contributed by atoms with van der Waals surface area (Å²) in [4.78, 5) is 13.2. The van der Waals surface area contributed by atoms with Gasteiger partial charge < -0.3 is 5.11 Å². The van der Waals surface area contributed by atoms with Crippen LogP contribution in [0, 0.1) is 0 Å². The van der Waals surface area contributed by atoms with Gasteiger partial charge in [-0.15, -0.1) is 4.83 Å². The summed E-state index contributed by atoms with van der Waals surface area (Å²) in [6, 6.07) is 6.08. The van der Waals surface area contributed by atoms with Crippen LogP contribution < -0.4 is 4.83 Å². The fourth-order valence-electron chi connectivity index (χ4n) is 2.13. The van der Waals surface area contributed by atoms with Crippen molar-refractivity contribution in [3.63, 3.8) is 0 Å². The Morgan fingerprint density at radius 2 is 1.76 bits per heavy atom. The average Bonchev–Trinajstić information content (AvgIpc) is 2.46.